The molecular formula is C13H21N3O. The highest BCUT2D eigenvalue weighted by Gasteiger charge is 2.29. The van der Waals surface area contributed by atoms with Crippen molar-refractivity contribution in [1.82, 2.24) is 9.78 Å². The second-order valence-corrected chi connectivity index (χ2v) is 5.25. The van der Waals surface area contributed by atoms with Crippen LogP contribution >= 0.6 is 0 Å². The predicted octanol–water partition coefficient (Wildman–Crippen LogP) is 2.17. The second-order valence-electron chi connectivity index (χ2n) is 5.25. The van der Waals surface area contributed by atoms with Crippen LogP contribution in [0, 0.1) is 12.8 Å². The molecule has 1 aromatic heterocycles. The summed E-state index contributed by atoms with van der Waals surface area (Å²) in [5.41, 5.74) is 1.56. The van der Waals surface area contributed by atoms with Crippen LogP contribution in [-0.4, -0.2) is 28.7 Å². The first-order valence-electron chi connectivity index (χ1n) is 6.30. The smallest absolute Gasteiger partial charge is 0.155 e. The average Bonchev–Trinajstić information content (AvgIpc) is 3.01. The number of aldehydes is 1. The highest BCUT2D eigenvalue weighted by Crippen LogP contribution is 2.33. The van der Waals surface area contributed by atoms with E-state index in [-0.39, 0.29) is 0 Å². The molecule has 17 heavy (non-hydrogen) atoms. The lowest BCUT2D eigenvalue weighted by atomic mass is 10.2. The van der Waals surface area contributed by atoms with Crippen molar-refractivity contribution in [3.63, 3.8) is 0 Å². The molecule has 0 spiro atoms. The molecule has 4 heteroatoms. The average molecular weight is 235 g/mol. The van der Waals surface area contributed by atoms with Gasteiger partial charge in [0.05, 0.1) is 11.3 Å². The van der Waals surface area contributed by atoms with Gasteiger partial charge in [0.1, 0.15) is 5.82 Å². The van der Waals surface area contributed by atoms with E-state index in [9.17, 15) is 4.79 Å². The number of anilines is 1. The number of aryl methyl sites for hydroxylation is 2. The number of carbonyl (C=O) groups excluding carboxylic acids is 1. The molecule has 0 atom stereocenters. The molecule has 4 nitrogen and oxygen atoms in total. The fraction of sp³-hybridized carbons (Fsp3) is 0.692. The number of nitrogens with zero attached hydrogens (tertiary/aromatic N) is 3. The molecule has 0 aromatic carbocycles. The summed E-state index contributed by atoms with van der Waals surface area (Å²) in [5, 5.41) is 4.36. The molecule has 1 heterocycles. The normalized spacial score (nSPS) is 15.4. The molecule has 1 aromatic rings. The maximum atomic E-state index is 11.2. The van der Waals surface area contributed by atoms with Gasteiger partial charge in [0, 0.05) is 19.6 Å². The van der Waals surface area contributed by atoms with Gasteiger partial charge >= 0.3 is 0 Å². The molecular weight excluding hydrogens is 214 g/mol. The molecule has 1 saturated carbocycles. The van der Waals surface area contributed by atoms with Crippen molar-refractivity contribution in [2.24, 2.45) is 13.0 Å². The first-order chi connectivity index (χ1) is 8.04. The zero-order valence-corrected chi connectivity index (χ0v) is 11.1. The van der Waals surface area contributed by atoms with E-state index >= 15 is 0 Å². The van der Waals surface area contributed by atoms with Crippen LogP contribution in [0.15, 0.2) is 0 Å². The van der Waals surface area contributed by atoms with E-state index < -0.39 is 0 Å². The highest BCUT2D eigenvalue weighted by atomic mass is 16.1. The quantitative estimate of drug-likeness (QED) is 0.734. The van der Waals surface area contributed by atoms with E-state index in [1.807, 2.05) is 18.7 Å². The van der Waals surface area contributed by atoms with Crippen molar-refractivity contribution in [2.75, 3.05) is 11.4 Å². The van der Waals surface area contributed by atoms with Crippen LogP contribution in [0.3, 0.4) is 0 Å². The van der Waals surface area contributed by atoms with E-state index in [4.69, 9.17) is 0 Å². The maximum Gasteiger partial charge on any atom is 0.155 e. The summed E-state index contributed by atoms with van der Waals surface area (Å²) in [6.45, 7) is 7.26. The van der Waals surface area contributed by atoms with E-state index in [0.29, 0.717) is 6.04 Å². The van der Waals surface area contributed by atoms with Crippen LogP contribution in [0.1, 0.15) is 42.7 Å². The van der Waals surface area contributed by atoms with Gasteiger partial charge in [-0.25, -0.2) is 0 Å². The van der Waals surface area contributed by atoms with Crippen molar-refractivity contribution < 1.29 is 4.79 Å². The monoisotopic (exact) mass is 235 g/mol. The van der Waals surface area contributed by atoms with Gasteiger partial charge in [0.25, 0.3) is 0 Å². The molecule has 1 fully saturated rings. The van der Waals surface area contributed by atoms with Crippen molar-refractivity contribution >= 4 is 12.1 Å². The van der Waals surface area contributed by atoms with Gasteiger partial charge in [-0.2, -0.15) is 5.10 Å². The van der Waals surface area contributed by atoms with Crippen molar-refractivity contribution in [3.8, 4) is 0 Å². The lowest BCUT2D eigenvalue weighted by Crippen LogP contribution is -2.35. The molecule has 2 rings (SSSR count). The fourth-order valence-corrected chi connectivity index (χ4v) is 2.26. The molecule has 0 radical (unpaired) electrons. The van der Waals surface area contributed by atoms with E-state index in [2.05, 4.69) is 23.8 Å². The van der Waals surface area contributed by atoms with Crippen LogP contribution in [0.25, 0.3) is 0 Å². The molecule has 0 aliphatic heterocycles. The minimum absolute atomic E-state index is 0.393. The molecule has 0 N–H and O–H groups in total. The number of hydrogen-bond donors (Lipinski definition) is 0. The molecule has 0 bridgehead atoms. The van der Waals surface area contributed by atoms with Gasteiger partial charge in [0.15, 0.2) is 6.29 Å². The Bertz CT molecular complexity index is 419. The first-order valence-corrected chi connectivity index (χ1v) is 6.30. The van der Waals surface area contributed by atoms with Crippen LogP contribution < -0.4 is 4.90 Å². The van der Waals surface area contributed by atoms with Gasteiger partial charge in [-0.3, -0.25) is 9.48 Å². The number of hydrogen-bond acceptors (Lipinski definition) is 3. The number of aromatic nitrogens is 2. The summed E-state index contributed by atoms with van der Waals surface area (Å²) in [6, 6.07) is 0.393. The Hall–Kier alpha value is -1.32. The zero-order chi connectivity index (χ0) is 12.6. The lowest BCUT2D eigenvalue weighted by Gasteiger charge is -2.29. The first kappa shape index (κ1) is 12.1. The standard InChI is InChI=1S/C13H21N3O/c1-9(2)16(7-11-5-6-11)13-12(8-17)10(3)14-15(13)4/h8-9,11H,5-7H2,1-4H3. The van der Waals surface area contributed by atoms with Gasteiger partial charge in [-0.15, -0.1) is 0 Å². The summed E-state index contributed by atoms with van der Waals surface area (Å²) in [5.74, 6) is 1.77. The summed E-state index contributed by atoms with van der Waals surface area (Å²) >= 11 is 0. The van der Waals surface area contributed by atoms with Gasteiger partial charge in [-0.05, 0) is 39.5 Å². The summed E-state index contributed by atoms with van der Waals surface area (Å²) in [7, 11) is 1.91. The minimum atomic E-state index is 0.393. The Balaban J connectivity index is 2.36. The lowest BCUT2D eigenvalue weighted by molar-refractivity contribution is 0.112. The van der Waals surface area contributed by atoms with Gasteiger partial charge < -0.3 is 4.90 Å². The number of rotatable bonds is 5. The summed E-state index contributed by atoms with van der Waals surface area (Å²) < 4.78 is 1.83. The highest BCUT2D eigenvalue weighted by molar-refractivity contribution is 5.84. The van der Waals surface area contributed by atoms with Gasteiger partial charge in [-0.1, -0.05) is 0 Å². The predicted molar refractivity (Wildman–Crippen MR) is 68.5 cm³/mol. The van der Waals surface area contributed by atoms with Crippen LogP contribution in [0.2, 0.25) is 0 Å². The van der Waals surface area contributed by atoms with Crippen molar-refractivity contribution in [1.29, 1.82) is 0 Å². The van der Waals surface area contributed by atoms with E-state index in [1.54, 1.807) is 0 Å². The summed E-state index contributed by atoms with van der Waals surface area (Å²) in [6.07, 6.45) is 3.56. The minimum Gasteiger partial charge on any atom is -0.354 e. The third kappa shape index (κ3) is 2.35. The van der Waals surface area contributed by atoms with Crippen LogP contribution in [0.5, 0.6) is 0 Å². The SMILES string of the molecule is Cc1nn(C)c(N(CC2CC2)C(C)C)c1C=O. The Kier molecular flexibility index (Phi) is 3.22. The molecule has 94 valence electrons. The Morgan fingerprint density at radius 1 is 1.53 bits per heavy atom. The fourth-order valence-electron chi connectivity index (χ4n) is 2.26. The Morgan fingerprint density at radius 3 is 2.65 bits per heavy atom. The topological polar surface area (TPSA) is 38.1 Å². The van der Waals surface area contributed by atoms with Gasteiger partial charge in [0.2, 0.25) is 0 Å². The molecule has 1 aliphatic rings. The van der Waals surface area contributed by atoms with Crippen molar-refractivity contribution in [3.05, 3.63) is 11.3 Å². The third-order valence-electron chi connectivity index (χ3n) is 3.40. The largest absolute Gasteiger partial charge is 0.354 e. The third-order valence-corrected chi connectivity index (χ3v) is 3.40. The zero-order valence-electron chi connectivity index (χ0n) is 11.1. The maximum absolute atomic E-state index is 11.2. The number of carbonyl (C=O) groups is 1. The van der Waals surface area contributed by atoms with Crippen LogP contribution in [-0.2, 0) is 7.05 Å². The Labute approximate surface area is 103 Å². The molecule has 1 aliphatic carbocycles. The molecule has 0 amide bonds. The molecule has 0 unspecified atom stereocenters. The van der Waals surface area contributed by atoms with E-state index in [1.165, 1.54) is 12.8 Å². The van der Waals surface area contributed by atoms with Crippen LogP contribution in [0.4, 0.5) is 5.82 Å². The summed E-state index contributed by atoms with van der Waals surface area (Å²) in [4.78, 5) is 13.5. The van der Waals surface area contributed by atoms with Crippen molar-refractivity contribution in [2.45, 2.75) is 39.7 Å². The second kappa shape index (κ2) is 4.51. The Morgan fingerprint density at radius 2 is 2.18 bits per heavy atom. The molecule has 0 saturated heterocycles. The van der Waals surface area contributed by atoms with E-state index in [0.717, 1.165) is 35.8 Å².